The number of oxazole rings is 1. The van der Waals surface area contributed by atoms with Gasteiger partial charge in [0.2, 0.25) is 5.22 Å². The van der Waals surface area contributed by atoms with Crippen molar-refractivity contribution in [1.82, 2.24) is 4.98 Å². The van der Waals surface area contributed by atoms with E-state index in [9.17, 15) is 0 Å². The lowest BCUT2D eigenvalue weighted by Crippen LogP contribution is -1.59. The highest BCUT2D eigenvalue weighted by atomic mass is 35.5. The van der Waals surface area contributed by atoms with E-state index in [0.717, 1.165) is 0 Å². The van der Waals surface area contributed by atoms with Crippen LogP contribution in [0.15, 0.2) is 10.6 Å². The molecule has 0 saturated heterocycles. The molecule has 0 N–H and O–H groups in total. The molecule has 0 fully saturated rings. The summed E-state index contributed by atoms with van der Waals surface area (Å²) < 4.78 is 4.74. The van der Waals surface area contributed by atoms with E-state index in [1.165, 1.54) is 6.20 Å². The normalized spacial score (nSPS) is 9.43. The maximum atomic E-state index is 5.33. The molecule has 1 aromatic rings. The number of rotatable bonds is 0. The van der Waals surface area contributed by atoms with Crippen molar-refractivity contribution in [3.05, 3.63) is 17.3 Å². The maximum Gasteiger partial charge on any atom is 0.213 e. The van der Waals surface area contributed by atoms with Crippen LogP contribution in [0.4, 0.5) is 0 Å². The SMILES string of the molecule is Cc1ncc(Cl)o1. The van der Waals surface area contributed by atoms with Crippen LogP contribution in [0.2, 0.25) is 5.22 Å². The minimum absolute atomic E-state index is 0.345. The third kappa shape index (κ3) is 0.933. The van der Waals surface area contributed by atoms with Crippen molar-refractivity contribution in [2.24, 2.45) is 0 Å². The fraction of sp³-hybridized carbons (Fsp3) is 0.250. The van der Waals surface area contributed by atoms with E-state index in [1.807, 2.05) is 0 Å². The standard InChI is InChI=1S/C4H4ClNO/c1-3-6-2-4(5)7-3/h2H,1H3. The van der Waals surface area contributed by atoms with Crippen molar-refractivity contribution in [2.45, 2.75) is 6.92 Å². The Morgan fingerprint density at radius 1 is 1.86 bits per heavy atom. The van der Waals surface area contributed by atoms with Crippen molar-refractivity contribution in [2.75, 3.05) is 0 Å². The van der Waals surface area contributed by atoms with Gasteiger partial charge in [-0.15, -0.1) is 0 Å². The molecule has 0 spiro atoms. The first-order valence-corrected chi connectivity index (χ1v) is 2.25. The van der Waals surface area contributed by atoms with Crippen LogP contribution in [0.25, 0.3) is 0 Å². The van der Waals surface area contributed by atoms with Gasteiger partial charge in [0.25, 0.3) is 0 Å². The quantitative estimate of drug-likeness (QED) is 0.516. The van der Waals surface area contributed by atoms with Gasteiger partial charge in [-0.3, -0.25) is 0 Å². The van der Waals surface area contributed by atoms with Crippen LogP contribution in [0.3, 0.4) is 0 Å². The van der Waals surface area contributed by atoms with Gasteiger partial charge in [-0.25, -0.2) is 4.98 Å². The van der Waals surface area contributed by atoms with Gasteiger partial charge in [-0.1, -0.05) is 0 Å². The van der Waals surface area contributed by atoms with Gasteiger partial charge in [0.1, 0.15) is 0 Å². The highest BCUT2D eigenvalue weighted by molar-refractivity contribution is 6.28. The van der Waals surface area contributed by atoms with Crippen LogP contribution in [0.1, 0.15) is 5.89 Å². The Morgan fingerprint density at radius 3 is 2.71 bits per heavy atom. The van der Waals surface area contributed by atoms with E-state index in [2.05, 4.69) is 4.98 Å². The molecule has 0 aliphatic rings. The van der Waals surface area contributed by atoms with Crippen LogP contribution >= 0.6 is 11.6 Å². The predicted molar refractivity (Wildman–Crippen MR) is 26.2 cm³/mol. The van der Waals surface area contributed by atoms with Gasteiger partial charge in [0.05, 0.1) is 6.20 Å². The number of halogens is 1. The van der Waals surface area contributed by atoms with Crippen molar-refractivity contribution in [3.8, 4) is 0 Å². The van der Waals surface area contributed by atoms with E-state index in [-0.39, 0.29) is 0 Å². The highest BCUT2D eigenvalue weighted by Gasteiger charge is 1.89. The number of aryl methyl sites for hydroxylation is 1. The summed E-state index contributed by atoms with van der Waals surface area (Å²) in [5.41, 5.74) is 0. The molecular formula is C4H4ClNO. The number of aromatic nitrogens is 1. The zero-order valence-electron chi connectivity index (χ0n) is 3.81. The van der Waals surface area contributed by atoms with Gasteiger partial charge < -0.3 is 4.42 Å². The Hall–Kier alpha value is -0.500. The fourth-order valence-electron chi connectivity index (χ4n) is 0.335. The largest absolute Gasteiger partial charge is 0.430 e. The Balaban J connectivity index is 3.04. The molecule has 0 bridgehead atoms. The summed E-state index contributed by atoms with van der Waals surface area (Å²) in [4.78, 5) is 3.72. The first kappa shape index (κ1) is 4.65. The average molecular weight is 118 g/mol. The van der Waals surface area contributed by atoms with Gasteiger partial charge in [0, 0.05) is 6.92 Å². The lowest BCUT2D eigenvalue weighted by atomic mass is 10.8. The smallest absolute Gasteiger partial charge is 0.213 e. The van der Waals surface area contributed by atoms with E-state index >= 15 is 0 Å². The number of hydrogen-bond acceptors (Lipinski definition) is 2. The summed E-state index contributed by atoms with van der Waals surface area (Å²) in [5, 5.41) is 0.345. The van der Waals surface area contributed by atoms with Crippen LogP contribution in [-0.4, -0.2) is 4.98 Å². The Bertz CT molecular complexity index is 144. The molecule has 0 saturated carbocycles. The van der Waals surface area contributed by atoms with E-state index < -0.39 is 0 Å². The second-order valence-electron chi connectivity index (χ2n) is 1.18. The highest BCUT2D eigenvalue weighted by Crippen LogP contribution is 2.06. The van der Waals surface area contributed by atoms with Crippen molar-refractivity contribution >= 4 is 11.6 Å². The molecule has 7 heavy (non-hydrogen) atoms. The lowest BCUT2D eigenvalue weighted by Gasteiger charge is -1.71. The molecule has 0 aliphatic heterocycles. The molecule has 1 heterocycles. The summed E-state index contributed by atoms with van der Waals surface area (Å²) in [7, 11) is 0. The van der Waals surface area contributed by atoms with Crippen molar-refractivity contribution in [3.63, 3.8) is 0 Å². The third-order valence-corrected chi connectivity index (χ3v) is 0.768. The molecular weight excluding hydrogens is 114 g/mol. The maximum absolute atomic E-state index is 5.33. The molecule has 0 unspecified atom stereocenters. The molecule has 0 atom stereocenters. The van der Waals surface area contributed by atoms with E-state index in [1.54, 1.807) is 6.92 Å². The second-order valence-corrected chi connectivity index (χ2v) is 1.56. The Kier molecular flexibility index (Phi) is 1.02. The Morgan fingerprint density at radius 2 is 2.57 bits per heavy atom. The van der Waals surface area contributed by atoms with Crippen LogP contribution in [0.5, 0.6) is 0 Å². The monoisotopic (exact) mass is 117 g/mol. The molecule has 2 nitrogen and oxygen atoms in total. The summed E-state index contributed by atoms with van der Waals surface area (Å²) in [6, 6.07) is 0. The minimum atomic E-state index is 0.345. The van der Waals surface area contributed by atoms with E-state index in [0.29, 0.717) is 11.1 Å². The molecule has 0 aromatic carbocycles. The summed E-state index contributed by atoms with van der Waals surface area (Å²) >= 11 is 5.33. The Labute approximate surface area is 46.1 Å². The molecule has 0 amide bonds. The molecule has 0 radical (unpaired) electrons. The third-order valence-electron chi connectivity index (χ3n) is 0.593. The first-order chi connectivity index (χ1) is 3.29. The average Bonchev–Trinajstić information content (AvgIpc) is 1.87. The molecule has 3 heteroatoms. The minimum Gasteiger partial charge on any atom is -0.430 e. The van der Waals surface area contributed by atoms with E-state index in [4.69, 9.17) is 16.0 Å². The molecule has 1 aromatic heterocycles. The molecule has 1 rings (SSSR count). The first-order valence-electron chi connectivity index (χ1n) is 1.87. The second kappa shape index (κ2) is 1.54. The van der Waals surface area contributed by atoms with Gasteiger partial charge >= 0.3 is 0 Å². The summed E-state index contributed by atoms with van der Waals surface area (Å²) in [6.07, 6.45) is 1.47. The topological polar surface area (TPSA) is 26.0 Å². The van der Waals surface area contributed by atoms with Gasteiger partial charge in [0.15, 0.2) is 5.89 Å². The van der Waals surface area contributed by atoms with Crippen molar-refractivity contribution in [1.29, 1.82) is 0 Å². The number of nitrogens with zero attached hydrogens (tertiary/aromatic N) is 1. The molecule has 38 valence electrons. The fourth-order valence-corrected chi connectivity index (χ4v) is 0.496. The van der Waals surface area contributed by atoms with Crippen molar-refractivity contribution < 1.29 is 4.42 Å². The van der Waals surface area contributed by atoms with Gasteiger partial charge in [-0.2, -0.15) is 0 Å². The van der Waals surface area contributed by atoms with Gasteiger partial charge in [-0.05, 0) is 11.6 Å². The van der Waals surface area contributed by atoms with Crippen LogP contribution in [0, 0.1) is 6.92 Å². The predicted octanol–water partition coefficient (Wildman–Crippen LogP) is 1.64. The zero-order valence-corrected chi connectivity index (χ0v) is 4.57. The summed E-state index contributed by atoms with van der Waals surface area (Å²) in [5.74, 6) is 0.602. The van der Waals surface area contributed by atoms with Crippen LogP contribution < -0.4 is 0 Å². The molecule has 0 aliphatic carbocycles. The van der Waals surface area contributed by atoms with Crippen LogP contribution in [-0.2, 0) is 0 Å². The zero-order chi connectivity index (χ0) is 5.28. The summed E-state index contributed by atoms with van der Waals surface area (Å²) in [6.45, 7) is 1.74. The lowest BCUT2D eigenvalue weighted by molar-refractivity contribution is 0.523. The number of hydrogen-bond donors (Lipinski definition) is 0.